The Hall–Kier alpha value is -1.86. The number of nitriles is 1. The molecule has 0 amide bonds. The molecule has 0 aliphatic rings. The van der Waals surface area contributed by atoms with Crippen LogP contribution in [0.15, 0.2) is 47.1 Å². The first-order valence-electron chi connectivity index (χ1n) is 5.07. The van der Waals surface area contributed by atoms with Crippen LogP contribution in [0.2, 0.25) is 0 Å². The molecular weight excluding hydrogens is 278 g/mol. The Bertz CT molecular complexity index is 561. The molecule has 0 N–H and O–H groups in total. The number of benzene rings is 1. The SMILES string of the molecule is CN(c1ccccc1)c1ncc(Br)cc1C#N. The van der Waals surface area contributed by atoms with E-state index in [2.05, 4.69) is 27.0 Å². The maximum Gasteiger partial charge on any atom is 0.150 e. The van der Waals surface area contributed by atoms with Gasteiger partial charge in [0.05, 0.1) is 5.56 Å². The Kier molecular flexibility index (Phi) is 3.40. The van der Waals surface area contributed by atoms with Gasteiger partial charge < -0.3 is 4.90 Å². The normalized spacial score (nSPS) is 9.71. The molecule has 0 fully saturated rings. The van der Waals surface area contributed by atoms with Crippen molar-refractivity contribution in [1.29, 1.82) is 5.26 Å². The second kappa shape index (κ2) is 4.98. The predicted molar refractivity (Wildman–Crippen MR) is 71.2 cm³/mol. The maximum atomic E-state index is 9.10. The molecule has 84 valence electrons. The largest absolute Gasteiger partial charge is 0.328 e. The van der Waals surface area contributed by atoms with Crippen molar-refractivity contribution in [1.82, 2.24) is 4.98 Å². The third-order valence-electron chi connectivity index (χ3n) is 2.41. The molecule has 0 saturated carbocycles. The monoisotopic (exact) mass is 287 g/mol. The summed E-state index contributed by atoms with van der Waals surface area (Å²) in [7, 11) is 1.90. The fourth-order valence-corrected chi connectivity index (χ4v) is 1.89. The van der Waals surface area contributed by atoms with Crippen LogP contribution in [0.25, 0.3) is 0 Å². The fourth-order valence-electron chi connectivity index (χ4n) is 1.56. The van der Waals surface area contributed by atoms with Gasteiger partial charge in [0.25, 0.3) is 0 Å². The van der Waals surface area contributed by atoms with Gasteiger partial charge in [0.15, 0.2) is 5.82 Å². The van der Waals surface area contributed by atoms with E-state index in [-0.39, 0.29) is 0 Å². The van der Waals surface area contributed by atoms with Crippen LogP contribution in [0, 0.1) is 11.3 Å². The van der Waals surface area contributed by atoms with Crippen molar-refractivity contribution >= 4 is 27.4 Å². The molecule has 0 atom stereocenters. The molecule has 0 aliphatic heterocycles. The van der Waals surface area contributed by atoms with Crippen molar-refractivity contribution in [3.8, 4) is 6.07 Å². The quantitative estimate of drug-likeness (QED) is 0.849. The molecule has 1 aromatic carbocycles. The van der Waals surface area contributed by atoms with Crippen LogP contribution in [-0.2, 0) is 0 Å². The predicted octanol–water partition coefficient (Wildman–Crippen LogP) is 3.48. The molecule has 4 heteroatoms. The third-order valence-corrected chi connectivity index (χ3v) is 2.85. The lowest BCUT2D eigenvalue weighted by Gasteiger charge is -2.19. The van der Waals surface area contributed by atoms with Crippen LogP contribution in [0.3, 0.4) is 0 Å². The Labute approximate surface area is 108 Å². The van der Waals surface area contributed by atoms with Gasteiger partial charge in [-0.25, -0.2) is 4.98 Å². The summed E-state index contributed by atoms with van der Waals surface area (Å²) < 4.78 is 0.805. The summed E-state index contributed by atoms with van der Waals surface area (Å²) in [4.78, 5) is 6.18. The van der Waals surface area contributed by atoms with Gasteiger partial charge in [0.2, 0.25) is 0 Å². The molecule has 17 heavy (non-hydrogen) atoms. The number of hydrogen-bond donors (Lipinski definition) is 0. The van der Waals surface area contributed by atoms with Crippen molar-refractivity contribution in [2.45, 2.75) is 0 Å². The average molecular weight is 288 g/mol. The Balaban J connectivity index is 2.45. The van der Waals surface area contributed by atoms with E-state index in [4.69, 9.17) is 5.26 Å². The van der Waals surface area contributed by atoms with Crippen molar-refractivity contribution in [3.63, 3.8) is 0 Å². The Morgan fingerprint density at radius 3 is 2.65 bits per heavy atom. The molecule has 2 aromatic rings. The number of rotatable bonds is 2. The van der Waals surface area contributed by atoms with Crippen molar-refractivity contribution in [2.75, 3.05) is 11.9 Å². The van der Waals surface area contributed by atoms with Crippen LogP contribution in [0.1, 0.15) is 5.56 Å². The van der Waals surface area contributed by atoms with Crippen LogP contribution >= 0.6 is 15.9 Å². The van der Waals surface area contributed by atoms with E-state index in [1.807, 2.05) is 42.3 Å². The van der Waals surface area contributed by atoms with Crippen LogP contribution in [0.5, 0.6) is 0 Å². The molecule has 0 unspecified atom stereocenters. The number of anilines is 2. The molecule has 1 heterocycles. The number of para-hydroxylation sites is 1. The summed E-state index contributed by atoms with van der Waals surface area (Å²) in [6.45, 7) is 0. The average Bonchev–Trinajstić information content (AvgIpc) is 2.39. The van der Waals surface area contributed by atoms with Gasteiger partial charge in [-0.3, -0.25) is 0 Å². The topological polar surface area (TPSA) is 39.9 Å². The summed E-state index contributed by atoms with van der Waals surface area (Å²) in [5.74, 6) is 0.655. The van der Waals surface area contributed by atoms with Crippen molar-refractivity contribution in [3.05, 3.63) is 52.6 Å². The highest BCUT2D eigenvalue weighted by Gasteiger charge is 2.10. The highest BCUT2D eigenvalue weighted by Crippen LogP contribution is 2.25. The lowest BCUT2D eigenvalue weighted by molar-refractivity contribution is 1.11. The summed E-state index contributed by atoms with van der Waals surface area (Å²) in [6, 6.07) is 13.7. The van der Waals surface area contributed by atoms with E-state index in [1.165, 1.54) is 0 Å². The smallest absolute Gasteiger partial charge is 0.150 e. The first kappa shape index (κ1) is 11.6. The number of hydrogen-bond acceptors (Lipinski definition) is 3. The van der Waals surface area contributed by atoms with Crippen molar-refractivity contribution in [2.24, 2.45) is 0 Å². The van der Waals surface area contributed by atoms with Gasteiger partial charge in [-0.05, 0) is 34.1 Å². The number of pyridine rings is 1. The molecule has 0 saturated heterocycles. The second-order valence-electron chi connectivity index (χ2n) is 3.53. The Morgan fingerprint density at radius 2 is 2.00 bits per heavy atom. The zero-order chi connectivity index (χ0) is 12.3. The molecule has 0 bridgehead atoms. The van der Waals surface area contributed by atoms with Crippen molar-refractivity contribution < 1.29 is 0 Å². The van der Waals surface area contributed by atoms with Crippen LogP contribution in [-0.4, -0.2) is 12.0 Å². The van der Waals surface area contributed by atoms with Crippen LogP contribution in [0.4, 0.5) is 11.5 Å². The summed E-state index contributed by atoms with van der Waals surface area (Å²) in [5.41, 5.74) is 1.55. The van der Waals surface area contributed by atoms with E-state index >= 15 is 0 Å². The third kappa shape index (κ3) is 2.45. The second-order valence-corrected chi connectivity index (χ2v) is 4.45. The van der Waals surface area contributed by atoms with Gasteiger partial charge in [0, 0.05) is 23.4 Å². The van der Waals surface area contributed by atoms with Gasteiger partial charge in [-0.1, -0.05) is 18.2 Å². The van der Waals surface area contributed by atoms with Gasteiger partial charge >= 0.3 is 0 Å². The molecular formula is C13H10BrN3. The lowest BCUT2D eigenvalue weighted by atomic mass is 10.2. The number of aromatic nitrogens is 1. The molecule has 3 nitrogen and oxygen atoms in total. The fraction of sp³-hybridized carbons (Fsp3) is 0.0769. The first-order chi connectivity index (χ1) is 8.22. The maximum absolute atomic E-state index is 9.10. The lowest BCUT2D eigenvalue weighted by Crippen LogP contribution is -2.12. The number of nitrogens with zero attached hydrogens (tertiary/aromatic N) is 3. The van der Waals surface area contributed by atoms with E-state index in [1.54, 1.807) is 12.3 Å². The number of halogens is 1. The first-order valence-corrected chi connectivity index (χ1v) is 5.86. The highest BCUT2D eigenvalue weighted by atomic mass is 79.9. The highest BCUT2D eigenvalue weighted by molar-refractivity contribution is 9.10. The van der Waals surface area contributed by atoms with Crippen LogP contribution < -0.4 is 4.90 Å². The summed E-state index contributed by atoms with van der Waals surface area (Å²) in [5, 5.41) is 9.10. The van der Waals surface area contributed by atoms with Gasteiger partial charge in [-0.15, -0.1) is 0 Å². The standard InChI is InChI=1S/C13H10BrN3/c1-17(12-5-3-2-4-6-12)13-10(8-15)7-11(14)9-16-13/h2-7,9H,1H3. The summed E-state index contributed by atoms with van der Waals surface area (Å²) in [6.07, 6.45) is 1.69. The molecule has 2 rings (SSSR count). The van der Waals surface area contributed by atoms with E-state index in [0.29, 0.717) is 11.4 Å². The van der Waals surface area contributed by atoms with Gasteiger partial charge in [0.1, 0.15) is 6.07 Å². The summed E-state index contributed by atoms with van der Waals surface area (Å²) >= 11 is 3.31. The van der Waals surface area contributed by atoms with E-state index in [0.717, 1.165) is 10.2 Å². The zero-order valence-electron chi connectivity index (χ0n) is 9.26. The van der Waals surface area contributed by atoms with E-state index < -0.39 is 0 Å². The minimum Gasteiger partial charge on any atom is -0.328 e. The zero-order valence-corrected chi connectivity index (χ0v) is 10.8. The Morgan fingerprint density at radius 1 is 1.29 bits per heavy atom. The van der Waals surface area contributed by atoms with E-state index in [9.17, 15) is 0 Å². The minimum absolute atomic E-state index is 0.547. The molecule has 0 spiro atoms. The van der Waals surface area contributed by atoms with Gasteiger partial charge in [-0.2, -0.15) is 5.26 Å². The molecule has 0 aliphatic carbocycles. The molecule has 1 aromatic heterocycles. The minimum atomic E-state index is 0.547. The molecule has 0 radical (unpaired) electrons.